The number of hydrogen-bond donors (Lipinski definition) is 0. The fourth-order valence-electron chi connectivity index (χ4n) is 4.52. The molecule has 0 aliphatic carbocycles. The second-order valence-corrected chi connectivity index (χ2v) is 10.6. The molecule has 0 radical (unpaired) electrons. The van der Waals surface area contributed by atoms with Crippen molar-refractivity contribution in [2.24, 2.45) is 4.99 Å². The van der Waals surface area contributed by atoms with Gasteiger partial charge in [-0.15, -0.1) is 0 Å². The minimum absolute atomic E-state index is 0.177. The van der Waals surface area contributed by atoms with Crippen LogP contribution in [0.4, 0.5) is 0 Å². The Morgan fingerprint density at radius 1 is 1.10 bits per heavy atom. The fourth-order valence-corrected chi connectivity index (χ4v) is 5.93. The number of esters is 1. The molecular formula is C29H24Cl2N2O6S. The molecule has 206 valence electrons. The average molecular weight is 599 g/mol. The monoisotopic (exact) mass is 598 g/mol. The molecule has 0 saturated heterocycles. The van der Waals surface area contributed by atoms with Gasteiger partial charge in [0.1, 0.15) is 11.5 Å². The number of ether oxygens (including phenoxy) is 3. The molecule has 2 aromatic heterocycles. The third-order valence-corrected chi connectivity index (χ3v) is 7.88. The number of allylic oxidation sites excluding steroid dienone is 1. The zero-order valence-electron chi connectivity index (χ0n) is 22.0. The smallest absolute Gasteiger partial charge is 0.338 e. The number of halogens is 2. The van der Waals surface area contributed by atoms with Crippen LogP contribution in [0.5, 0.6) is 11.5 Å². The molecule has 2 aromatic carbocycles. The second kappa shape index (κ2) is 11.4. The molecule has 0 bridgehead atoms. The lowest BCUT2D eigenvalue weighted by atomic mass is 9.95. The first kappa shape index (κ1) is 27.8. The van der Waals surface area contributed by atoms with Crippen LogP contribution in [-0.2, 0) is 9.53 Å². The molecule has 1 aliphatic heterocycles. The van der Waals surface area contributed by atoms with Crippen molar-refractivity contribution in [3.05, 3.63) is 101 Å². The zero-order valence-corrected chi connectivity index (χ0v) is 24.3. The summed E-state index contributed by atoms with van der Waals surface area (Å²) in [5.74, 6) is 1.38. The molecule has 1 atom stereocenters. The van der Waals surface area contributed by atoms with E-state index in [1.54, 1.807) is 68.5 Å². The van der Waals surface area contributed by atoms with Crippen molar-refractivity contribution in [3.63, 3.8) is 0 Å². The summed E-state index contributed by atoms with van der Waals surface area (Å²) in [6.07, 6.45) is 1.64. The van der Waals surface area contributed by atoms with Gasteiger partial charge in [0.25, 0.3) is 5.56 Å². The van der Waals surface area contributed by atoms with E-state index in [-0.39, 0.29) is 17.7 Å². The molecule has 1 aliphatic rings. The van der Waals surface area contributed by atoms with Crippen LogP contribution in [0, 0.1) is 0 Å². The molecule has 1 unspecified atom stereocenters. The maximum Gasteiger partial charge on any atom is 0.338 e. The Labute approximate surface area is 243 Å². The van der Waals surface area contributed by atoms with Gasteiger partial charge in [0, 0.05) is 16.7 Å². The van der Waals surface area contributed by atoms with Gasteiger partial charge in [-0.05, 0) is 61.9 Å². The Morgan fingerprint density at radius 2 is 1.88 bits per heavy atom. The largest absolute Gasteiger partial charge is 0.493 e. The summed E-state index contributed by atoms with van der Waals surface area (Å²) in [4.78, 5) is 32.0. The van der Waals surface area contributed by atoms with E-state index < -0.39 is 12.0 Å². The standard InChI is InChI=1S/C29H24Cl2N2O6S/c1-5-38-28(35)25-15(2)32-29-33(26(25)16-6-10-22(36-3)23(12-16)37-4)27(34)24(40-29)14-18-8-11-21(39-18)19-13-17(30)7-9-20(19)31/h6-14,26H,5H2,1-4H3/b24-14-. The molecule has 40 heavy (non-hydrogen) atoms. The van der Waals surface area contributed by atoms with E-state index in [4.69, 9.17) is 41.8 Å². The van der Waals surface area contributed by atoms with Gasteiger partial charge in [0.05, 0.1) is 47.7 Å². The second-order valence-electron chi connectivity index (χ2n) is 8.74. The average Bonchev–Trinajstić information content (AvgIpc) is 3.53. The van der Waals surface area contributed by atoms with Gasteiger partial charge in [-0.3, -0.25) is 9.36 Å². The highest BCUT2D eigenvalue weighted by Crippen LogP contribution is 2.36. The van der Waals surface area contributed by atoms with E-state index in [1.807, 2.05) is 0 Å². The Bertz CT molecular complexity index is 1840. The topological polar surface area (TPSA) is 92.3 Å². The van der Waals surface area contributed by atoms with E-state index >= 15 is 0 Å². The third kappa shape index (κ3) is 5.08. The Morgan fingerprint density at radius 3 is 2.60 bits per heavy atom. The number of hydrogen-bond acceptors (Lipinski definition) is 8. The summed E-state index contributed by atoms with van der Waals surface area (Å²) in [5.41, 5.74) is 1.67. The van der Waals surface area contributed by atoms with Crippen molar-refractivity contribution >= 4 is 46.6 Å². The summed E-state index contributed by atoms with van der Waals surface area (Å²) in [6, 6.07) is 13.1. The first-order valence-electron chi connectivity index (χ1n) is 12.2. The van der Waals surface area contributed by atoms with Gasteiger partial charge in [-0.1, -0.05) is 40.6 Å². The molecule has 0 fully saturated rings. The maximum atomic E-state index is 13.9. The fraction of sp³-hybridized carbons (Fsp3) is 0.207. The summed E-state index contributed by atoms with van der Waals surface area (Å²) in [6.45, 7) is 3.63. The van der Waals surface area contributed by atoms with Crippen LogP contribution in [0.1, 0.15) is 31.2 Å². The third-order valence-electron chi connectivity index (χ3n) is 6.33. The Hall–Kier alpha value is -3.79. The van der Waals surface area contributed by atoms with E-state index in [1.165, 1.54) is 30.1 Å². The van der Waals surface area contributed by atoms with Crippen molar-refractivity contribution in [2.45, 2.75) is 19.9 Å². The number of carbonyl (C=O) groups is 1. The van der Waals surface area contributed by atoms with Crippen LogP contribution in [0.2, 0.25) is 10.0 Å². The van der Waals surface area contributed by atoms with E-state index in [0.717, 1.165) is 0 Å². The first-order valence-corrected chi connectivity index (χ1v) is 13.8. The highest BCUT2D eigenvalue weighted by molar-refractivity contribution is 7.07. The summed E-state index contributed by atoms with van der Waals surface area (Å²) in [7, 11) is 3.06. The van der Waals surface area contributed by atoms with Gasteiger partial charge in [0.15, 0.2) is 16.3 Å². The van der Waals surface area contributed by atoms with Crippen molar-refractivity contribution in [1.82, 2.24) is 4.57 Å². The predicted octanol–water partition coefficient (Wildman–Crippen LogP) is 5.38. The van der Waals surface area contributed by atoms with Crippen molar-refractivity contribution in [3.8, 4) is 22.8 Å². The number of furan rings is 1. The van der Waals surface area contributed by atoms with Gasteiger partial charge in [-0.25, -0.2) is 9.79 Å². The van der Waals surface area contributed by atoms with Crippen molar-refractivity contribution < 1.29 is 23.4 Å². The number of aromatic nitrogens is 1. The molecule has 3 heterocycles. The van der Waals surface area contributed by atoms with Crippen LogP contribution in [0.15, 0.2) is 74.0 Å². The molecule has 0 saturated carbocycles. The van der Waals surface area contributed by atoms with E-state index in [0.29, 0.717) is 59.2 Å². The van der Waals surface area contributed by atoms with Gasteiger partial charge < -0.3 is 18.6 Å². The lowest BCUT2D eigenvalue weighted by Gasteiger charge is -2.25. The molecule has 8 nitrogen and oxygen atoms in total. The van der Waals surface area contributed by atoms with Crippen molar-refractivity contribution in [2.75, 3.05) is 20.8 Å². The van der Waals surface area contributed by atoms with E-state index in [9.17, 15) is 9.59 Å². The number of thiazole rings is 1. The first-order chi connectivity index (χ1) is 19.2. The molecular weight excluding hydrogens is 575 g/mol. The molecule has 11 heteroatoms. The molecule has 0 spiro atoms. The SMILES string of the molecule is CCOC(=O)C1=C(C)N=c2s/c(=C\c3ccc(-c4cc(Cl)ccc4Cl)o3)c(=O)n2C1c1ccc(OC)c(OC)c1. The molecule has 0 amide bonds. The predicted molar refractivity (Wildman–Crippen MR) is 154 cm³/mol. The maximum absolute atomic E-state index is 13.9. The quantitative estimate of drug-likeness (QED) is 0.265. The van der Waals surface area contributed by atoms with Crippen LogP contribution in [-0.4, -0.2) is 31.4 Å². The molecule has 5 rings (SSSR count). The number of benzene rings is 2. The van der Waals surface area contributed by atoms with Crippen LogP contribution >= 0.6 is 34.5 Å². The number of rotatable bonds is 7. The molecule has 0 N–H and O–H groups in total. The minimum Gasteiger partial charge on any atom is -0.493 e. The van der Waals surface area contributed by atoms with Gasteiger partial charge >= 0.3 is 5.97 Å². The summed E-state index contributed by atoms with van der Waals surface area (Å²) in [5, 5.41) is 1.01. The van der Waals surface area contributed by atoms with Crippen LogP contribution in [0.3, 0.4) is 0 Å². The number of nitrogens with zero attached hydrogens (tertiary/aromatic N) is 2. The highest BCUT2D eigenvalue weighted by Gasteiger charge is 2.34. The van der Waals surface area contributed by atoms with Gasteiger partial charge in [0.2, 0.25) is 0 Å². The lowest BCUT2D eigenvalue weighted by molar-refractivity contribution is -0.139. The lowest BCUT2D eigenvalue weighted by Crippen LogP contribution is -2.39. The number of fused-ring (bicyclic) bond motifs is 1. The number of carbonyl (C=O) groups excluding carboxylic acids is 1. The molecule has 4 aromatic rings. The normalized spacial score (nSPS) is 15.1. The van der Waals surface area contributed by atoms with Crippen LogP contribution in [0.25, 0.3) is 17.4 Å². The summed E-state index contributed by atoms with van der Waals surface area (Å²) < 4.78 is 24.1. The number of methoxy groups -OCH3 is 2. The van der Waals surface area contributed by atoms with Gasteiger partial charge in [-0.2, -0.15) is 0 Å². The Balaban J connectivity index is 1.66. The summed E-state index contributed by atoms with van der Waals surface area (Å²) >= 11 is 13.7. The minimum atomic E-state index is -0.797. The zero-order chi connectivity index (χ0) is 28.6. The van der Waals surface area contributed by atoms with Crippen LogP contribution < -0.4 is 24.4 Å². The van der Waals surface area contributed by atoms with E-state index in [2.05, 4.69) is 4.99 Å². The highest BCUT2D eigenvalue weighted by atomic mass is 35.5. The van der Waals surface area contributed by atoms with Crippen molar-refractivity contribution in [1.29, 1.82) is 0 Å². The Kier molecular flexibility index (Phi) is 7.89.